The van der Waals surface area contributed by atoms with Crippen molar-refractivity contribution < 1.29 is 9.90 Å². The van der Waals surface area contributed by atoms with E-state index in [1.807, 2.05) is 26.0 Å². The summed E-state index contributed by atoms with van der Waals surface area (Å²) in [6.07, 6.45) is 5.56. The number of amides is 1. The Morgan fingerprint density at radius 3 is 2.30 bits per heavy atom. The lowest BCUT2D eigenvalue weighted by molar-refractivity contribution is -0.117. The van der Waals surface area contributed by atoms with Crippen LogP contribution in [0.4, 0.5) is 0 Å². The molecule has 0 aliphatic carbocycles. The van der Waals surface area contributed by atoms with Gasteiger partial charge in [-0.2, -0.15) is 0 Å². The molecule has 110 valence electrons. The Kier molecular flexibility index (Phi) is 6.46. The summed E-state index contributed by atoms with van der Waals surface area (Å²) in [5.74, 6) is -0.176. The number of rotatable bonds is 7. The minimum atomic E-state index is -0.799. The Bertz CT molecular complexity index is 445. The first kappa shape index (κ1) is 16.4. The van der Waals surface area contributed by atoms with Crippen LogP contribution in [0.1, 0.15) is 44.7 Å². The van der Waals surface area contributed by atoms with E-state index in [1.54, 1.807) is 6.08 Å². The largest absolute Gasteiger partial charge is 0.388 e. The van der Waals surface area contributed by atoms with Crippen molar-refractivity contribution in [3.8, 4) is 0 Å². The standard InChI is InChI=1S/C17H25NO2/c1-4-14-7-9-15(10-8-14)11-12-16(19)18-13-17(20,5-2)6-3/h7-12,20H,4-6,13H2,1-3H3,(H,18,19). The van der Waals surface area contributed by atoms with Gasteiger partial charge in [0.15, 0.2) is 0 Å². The highest BCUT2D eigenvalue weighted by atomic mass is 16.3. The molecule has 0 heterocycles. The highest BCUT2D eigenvalue weighted by molar-refractivity contribution is 5.91. The zero-order valence-corrected chi connectivity index (χ0v) is 12.6. The zero-order chi connectivity index (χ0) is 15.0. The van der Waals surface area contributed by atoms with Gasteiger partial charge in [-0.15, -0.1) is 0 Å². The van der Waals surface area contributed by atoms with Gasteiger partial charge in [-0.1, -0.05) is 45.0 Å². The molecule has 0 spiro atoms. The molecule has 1 rings (SSSR count). The number of aliphatic hydroxyl groups is 1. The van der Waals surface area contributed by atoms with E-state index in [2.05, 4.69) is 24.4 Å². The van der Waals surface area contributed by atoms with Crippen molar-refractivity contribution >= 4 is 12.0 Å². The Balaban J connectivity index is 2.50. The highest BCUT2D eigenvalue weighted by Crippen LogP contribution is 2.12. The first-order valence-electron chi connectivity index (χ1n) is 7.30. The van der Waals surface area contributed by atoms with Gasteiger partial charge in [-0.05, 0) is 36.5 Å². The van der Waals surface area contributed by atoms with Crippen LogP contribution < -0.4 is 5.32 Å². The van der Waals surface area contributed by atoms with E-state index < -0.39 is 5.60 Å². The number of carbonyl (C=O) groups excluding carboxylic acids is 1. The topological polar surface area (TPSA) is 49.3 Å². The van der Waals surface area contributed by atoms with E-state index in [0.29, 0.717) is 12.8 Å². The van der Waals surface area contributed by atoms with Gasteiger partial charge in [0.25, 0.3) is 0 Å². The second-order valence-electron chi connectivity index (χ2n) is 5.08. The van der Waals surface area contributed by atoms with Crippen molar-refractivity contribution in [2.45, 2.75) is 45.6 Å². The van der Waals surface area contributed by atoms with Crippen molar-refractivity contribution in [3.05, 3.63) is 41.5 Å². The number of hydrogen-bond acceptors (Lipinski definition) is 2. The molecule has 0 fully saturated rings. The molecular formula is C17H25NO2. The Hall–Kier alpha value is -1.61. The van der Waals surface area contributed by atoms with Crippen molar-refractivity contribution in [1.82, 2.24) is 5.32 Å². The summed E-state index contributed by atoms with van der Waals surface area (Å²) >= 11 is 0. The van der Waals surface area contributed by atoms with Crippen molar-refractivity contribution in [1.29, 1.82) is 0 Å². The van der Waals surface area contributed by atoms with E-state index in [4.69, 9.17) is 0 Å². The molecular weight excluding hydrogens is 250 g/mol. The van der Waals surface area contributed by atoms with Crippen LogP contribution in [0.2, 0.25) is 0 Å². The molecule has 0 saturated carbocycles. The molecule has 0 atom stereocenters. The van der Waals surface area contributed by atoms with Crippen LogP contribution in [-0.4, -0.2) is 23.2 Å². The predicted octanol–water partition coefficient (Wildman–Crippen LogP) is 2.93. The van der Waals surface area contributed by atoms with E-state index >= 15 is 0 Å². The quantitative estimate of drug-likeness (QED) is 0.752. The van der Waals surface area contributed by atoms with Crippen LogP contribution in [0.25, 0.3) is 6.08 Å². The molecule has 0 radical (unpaired) electrons. The number of nitrogens with one attached hydrogen (secondary N) is 1. The molecule has 0 aromatic heterocycles. The molecule has 1 aromatic rings. The van der Waals surface area contributed by atoms with Crippen LogP contribution in [0, 0.1) is 0 Å². The number of aryl methyl sites for hydroxylation is 1. The monoisotopic (exact) mass is 275 g/mol. The highest BCUT2D eigenvalue weighted by Gasteiger charge is 2.22. The second kappa shape index (κ2) is 7.85. The minimum absolute atomic E-state index is 0.176. The third-order valence-corrected chi connectivity index (χ3v) is 3.72. The maximum Gasteiger partial charge on any atom is 0.244 e. The van der Waals surface area contributed by atoms with Crippen LogP contribution in [0.15, 0.2) is 30.3 Å². The molecule has 3 nitrogen and oxygen atoms in total. The molecule has 20 heavy (non-hydrogen) atoms. The van der Waals surface area contributed by atoms with Crippen LogP contribution in [0.3, 0.4) is 0 Å². The Morgan fingerprint density at radius 2 is 1.80 bits per heavy atom. The van der Waals surface area contributed by atoms with Crippen molar-refractivity contribution in [2.75, 3.05) is 6.54 Å². The van der Waals surface area contributed by atoms with Gasteiger partial charge < -0.3 is 10.4 Å². The lowest BCUT2D eigenvalue weighted by Crippen LogP contribution is -2.41. The molecule has 1 amide bonds. The Labute approximate surface area is 121 Å². The second-order valence-corrected chi connectivity index (χ2v) is 5.08. The summed E-state index contributed by atoms with van der Waals surface area (Å²) < 4.78 is 0. The average Bonchev–Trinajstić information content (AvgIpc) is 2.51. The van der Waals surface area contributed by atoms with Gasteiger partial charge in [0.1, 0.15) is 0 Å². The van der Waals surface area contributed by atoms with Crippen molar-refractivity contribution in [3.63, 3.8) is 0 Å². The smallest absolute Gasteiger partial charge is 0.244 e. The molecule has 1 aromatic carbocycles. The zero-order valence-electron chi connectivity index (χ0n) is 12.6. The summed E-state index contributed by atoms with van der Waals surface area (Å²) in [7, 11) is 0. The van der Waals surface area contributed by atoms with Gasteiger partial charge >= 0.3 is 0 Å². The maximum atomic E-state index is 11.7. The van der Waals surface area contributed by atoms with Crippen LogP contribution in [-0.2, 0) is 11.2 Å². The molecule has 0 aliphatic heterocycles. The number of benzene rings is 1. The summed E-state index contributed by atoms with van der Waals surface area (Å²) in [5.41, 5.74) is 1.48. The van der Waals surface area contributed by atoms with E-state index in [0.717, 1.165) is 12.0 Å². The fourth-order valence-electron chi connectivity index (χ4n) is 1.85. The van der Waals surface area contributed by atoms with E-state index in [9.17, 15) is 9.90 Å². The fourth-order valence-corrected chi connectivity index (χ4v) is 1.85. The van der Waals surface area contributed by atoms with Gasteiger partial charge in [0.05, 0.1) is 5.60 Å². The van der Waals surface area contributed by atoms with Gasteiger partial charge in [0, 0.05) is 12.6 Å². The predicted molar refractivity (Wildman–Crippen MR) is 83.4 cm³/mol. The van der Waals surface area contributed by atoms with E-state index in [-0.39, 0.29) is 12.5 Å². The van der Waals surface area contributed by atoms with Crippen LogP contribution >= 0.6 is 0 Å². The van der Waals surface area contributed by atoms with Gasteiger partial charge in [0.2, 0.25) is 5.91 Å². The third kappa shape index (κ3) is 5.17. The molecule has 2 N–H and O–H groups in total. The lowest BCUT2D eigenvalue weighted by Gasteiger charge is -2.24. The summed E-state index contributed by atoms with van der Waals surface area (Å²) in [4.78, 5) is 11.7. The molecule has 0 saturated heterocycles. The lowest BCUT2D eigenvalue weighted by atomic mass is 9.98. The summed E-state index contributed by atoms with van der Waals surface area (Å²) in [5, 5.41) is 12.8. The fraction of sp³-hybridized carbons (Fsp3) is 0.471. The van der Waals surface area contributed by atoms with Crippen LogP contribution in [0.5, 0.6) is 0 Å². The van der Waals surface area contributed by atoms with E-state index in [1.165, 1.54) is 11.6 Å². The molecule has 0 bridgehead atoms. The third-order valence-electron chi connectivity index (χ3n) is 3.72. The minimum Gasteiger partial charge on any atom is -0.388 e. The number of carbonyl (C=O) groups is 1. The molecule has 3 heteroatoms. The van der Waals surface area contributed by atoms with Crippen molar-refractivity contribution in [2.24, 2.45) is 0 Å². The normalized spacial score (nSPS) is 11.8. The number of hydrogen-bond donors (Lipinski definition) is 2. The first-order chi connectivity index (χ1) is 9.53. The summed E-state index contributed by atoms with van der Waals surface area (Å²) in [6.45, 7) is 6.24. The average molecular weight is 275 g/mol. The van der Waals surface area contributed by atoms with Gasteiger partial charge in [-0.25, -0.2) is 0 Å². The molecule has 0 unspecified atom stereocenters. The molecule has 0 aliphatic rings. The summed E-state index contributed by atoms with van der Waals surface area (Å²) in [6, 6.07) is 8.11. The first-order valence-corrected chi connectivity index (χ1v) is 7.30. The van der Waals surface area contributed by atoms with Gasteiger partial charge in [-0.3, -0.25) is 4.79 Å². The SMILES string of the molecule is CCc1ccc(C=CC(=O)NCC(O)(CC)CC)cc1. The Morgan fingerprint density at radius 1 is 1.20 bits per heavy atom. The maximum absolute atomic E-state index is 11.7.